The van der Waals surface area contributed by atoms with Crippen molar-refractivity contribution in [2.45, 2.75) is 18.9 Å². The number of carboxylic acids is 1. The summed E-state index contributed by atoms with van der Waals surface area (Å²) in [5.41, 5.74) is 10.8. The molecule has 1 fully saturated rings. The second kappa shape index (κ2) is 3.19. The van der Waals surface area contributed by atoms with Gasteiger partial charge in [-0.1, -0.05) is 0 Å². The van der Waals surface area contributed by atoms with E-state index in [1.165, 1.54) is 0 Å². The molecule has 5 N–H and O–H groups in total. The summed E-state index contributed by atoms with van der Waals surface area (Å²) in [5, 5.41) is 8.58. The van der Waals surface area contributed by atoms with Crippen LogP contribution in [0.2, 0.25) is 0 Å². The Morgan fingerprint density at radius 3 is 2.45 bits per heavy atom. The number of carboxylic acid groups (broad SMARTS) is 1. The van der Waals surface area contributed by atoms with Crippen molar-refractivity contribution in [2.24, 2.45) is 23.3 Å². The minimum atomic E-state index is -0.938. The van der Waals surface area contributed by atoms with Crippen LogP contribution < -0.4 is 11.5 Å². The molecule has 1 aliphatic rings. The van der Waals surface area contributed by atoms with Gasteiger partial charge in [0.2, 0.25) is 0 Å². The average Bonchev–Trinajstić information content (AvgIpc) is 2.72. The average molecular weight is 158 g/mol. The maximum Gasteiger partial charge on any atom is 0.320 e. The summed E-state index contributed by atoms with van der Waals surface area (Å²) in [6.45, 7) is 0.387. The van der Waals surface area contributed by atoms with Gasteiger partial charge in [-0.15, -0.1) is 0 Å². The normalized spacial score (nSPS) is 22.7. The SMILES string of the molecule is NCC(C1CC1)C(N)C(=O)O. The van der Waals surface area contributed by atoms with Gasteiger partial charge in [0.25, 0.3) is 0 Å². The zero-order valence-corrected chi connectivity index (χ0v) is 6.36. The number of hydrogen-bond acceptors (Lipinski definition) is 3. The Balaban J connectivity index is 2.45. The zero-order chi connectivity index (χ0) is 8.43. The highest BCUT2D eigenvalue weighted by Gasteiger charge is 2.36. The topological polar surface area (TPSA) is 89.3 Å². The van der Waals surface area contributed by atoms with Crippen LogP contribution in [0, 0.1) is 11.8 Å². The van der Waals surface area contributed by atoms with E-state index in [-0.39, 0.29) is 5.92 Å². The maximum atomic E-state index is 10.5. The van der Waals surface area contributed by atoms with Gasteiger partial charge in [0, 0.05) is 0 Å². The third kappa shape index (κ3) is 1.91. The van der Waals surface area contributed by atoms with Gasteiger partial charge in [0.15, 0.2) is 0 Å². The summed E-state index contributed by atoms with van der Waals surface area (Å²) >= 11 is 0. The molecule has 0 saturated heterocycles. The van der Waals surface area contributed by atoms with Crippen molar-refractivity contribution in [3.8, 4) is 0 Å². The summed E-state index contributed by atoms with van der Waals surface area (Å²) < 4.78 is 0. The lowest BCUT2D eigenvalue weighted by molar-refractivity contribution is -0.140. The predicted octanol–water partition coefficient (Wildman–Crippen LogP) is -0.617. The highest BCUT2D eigenvalue weighted by Crippen LogP contribution is 2.37. The summed E-state index contributed by atoms with van der Waals surface area (Å²) in [4.78, 5) is 10.5. The molecule has 0 aliphatic heterocycles. The molecule has 64 valence electrons. The molecule has 0 spiro atoms. The molecule has 1 saturated carbocycles. The van der Waals surface area contributed by atoms with E-state index >= 15 is 0 Å². The molecular weight excluding hydrogens is 144 g/mol. The first-order valence-electron chi connectivity index (χ1n) is 3.85. The van der Waals surface area contributed by atoms with Crippen molar-refractivity contribution >= 4 is 5.97 Å². The lowest BCUT2D eigenvalue weighted by Crippen LogP contribution is -2.42. The van der Waals surface area contributed by atoms with Crippen LogP contribution in [-0.2, 0) is 4.79 Å². The lowest BCUT2D eigenvalue weighted by Gasteiger charge is -2.17. The van der Waals surface area contributed by atoms with Gasteiger partial charge < -0.3 is 16.6 Å². The van der Waals surface area contributed by atoms with Crippen molar-refractivity contribution in [3.63, 3.8) is 0 Å². The van der Waals surface area contributed by atoms with Crippen LogP contribution in [0.5, 0.6) is 0 Å². The molecule has 0 bridgehead atoms. The van der Waals surface area contributed by atoms with Crippen molar-refractivity contribution in [2.75, 3.05) is 6.54 Å². The Kier molecular flexibility index (Phi) is 2.46. The molecule has 4 nitrogen and oxygen atoms in total. The smallest absolute Gasteiger partial charge is 0.320 e. The predicted molar refractivity (Wildman–Crippen MR) is 40.9 cm³/mol. The molecule has 0 aromatic heterocycles. The summed E-state index contributed by atoms with van der Waals surface area (Å²) in [6, 6.07) is -0.771. The van der Waals surface area contributed by atoms with Crippen LogP contribution in [0.4, 0.5) is 0 Å². The van der Waals surface area contributed by atoms with Crippen LogP contribution in [0.15, 0.2) is 0 Å². The molecule has 1 aliphatic carbocycles. The summed E-state index contributed by atoms with van der Waals surface area (Å²) in [7, 11) is 0. The molecule has 0 aromatic carbocycles. The third-order valence-electron chi connectivity index (χ3n) is 2.25. The highest BCUT2D eigenvalue weighted by atomic mass is 16.4. The molecular formula is C7H14N2O2. The minimum Gasteiger partial charge on any atom is -0.480 e. The van der Waals surface area contributed by atoms with Gasteiger partial charge in [-0.05, 0) is 31.2 Å². The Morgan fingerprint density at radius 2 is 2.18 bits per heavy atom. The fourth-order valence-electron chi connectivity index (χ4n) is 1.34. The fourth-order valence-corrected chi connectivity index (χ4v) is 1.34. The summed E-state index contributed by atoms with van der Waals surface area (Å²) in [6.07, 6.45) is 2.17. The Labute approximate surface area is 65.6 Å². The molecule has 2 atom stereocenters. The Hall–Kier alpha value is -0.610. The maximum absolute atomic E-state index is 10.5. The van der Waals surface area contributed by atoms with Crippen LogP contribution in [0.1, 0.15) is 12.8 Å². The quantitative estimate of drug-likeness (QED) is 0.509. The van der Waals surface area contributed by atoms with Crippen molar-refractivity contribution < 1.29 is 9.90 Å². The fraction of sp³-hybridized carbons (Fsp3) is 0.857. The number of carbonyl (C=O) groups is 1. The standard InChI is InChI=1S/C7H14N2O2/c8-3-5(4-1-2-4)6(9)7(10)11/h4-6H,1-3,8-9H2,(H,10,11). The van der Waals surface area contributed by atoms with Crippen LogP contribution >= 0.6 is 0 Å². The van der Waals surface area contributed by atoms with Crippen LogP contribution in [-0.4, -0.2) is 23.7 Å². The van der Waals surface area contributed by atoms with E-state index in [1.807, 2.05) is 0 Å². The van der Waals surface area contributed by atoms with Gasteiger partial charge in [-0.3, -0.25) is 4.79 Å². The first-order valence-corrected chi connectivity index (χ1v) is 3.85. The van der Waals surface area contributed by atoms with Gasteiger partial charge in [0.1, 0.15) is 6.04 Å². The molecule has 2 unspecified atom stereocenters. The third-order valence-corrected chi connectivity index (χ3v) is 2.25. The first-order chi connectivity index (χ1) is 5.16. The monoisotopic (exact) mass is 158 g/mol. The zero-order valence-electron chi connectivity index (χ0n) is 6.36. The van der Waals surface area contributed by atoms with Gasteiger partial charge >= 0.3 is 5.97 Å². The second-order valence-corrected chi connectivity index (χ2v) is 3.10. The molecule has 0 aromatic rings. The second-order valence-electron chi connectivity index (χ2n) is 3.10. The van der Waals surface area contributed by atoms with E-state index in [0.717, 1.165) is 12.8 Å². The number of aliphatic carboxylic acids is 1. The number of rotatable bonds is 4. The van der Waals surface area contributed by atoms with Gasteiger partial charge in [-0.2, -0.15) is 0 Å². The number of nitrogens with two attached hydrogens (primary N) is 2. The van der Waals surface area contributed by atoms with Crippen LogP contribution in [0.25, 0.3) is 0 Å². The van der Waals surface area contributed by atoms with E-state index in [2.05, 4.69) is 0 Å². The molecule has 0 heterocycles. The molecule has 0 radical (unpaired) electrons. The van der Waals surface area contributed by atoms with Gasteiger partial charge in [0.05, 0.1) is 0 Å². The number of hydrogen-bond donors (Lipinski definition) is 3. The van der Waals surface area contributed by atoms with Gasteiger partial charge in [-0.25, -0.2) is 0 Å². The minimum absolute atomic E-state index is 0.0208. The first kappa shape index (κ1) is 8.49. The van der Waals surface area contributed by atoms with E-state index in [0.29, 0.717) is 12.5 Å². The highest BCUT2D eigenvalue weighted by molar-refractivity contribution is 5.73. The largest absolute Gasteiger partial charge is 0.480 e. The van der Waals surface area contributed by atoms with Crippen molar-refractivity contribution in [3.05, 3.63) is 0 Å². The van der Waals surface area contributed by atoms with E-state index < -0.39 is 12.0 Å². The van der Waals surface area contributed by atoms with E-state index in [4.69, 9.17) is 16.6 Å². The molecule has 1 rings (SSSR count). The Bertz CT molecular complexity index is 157. The lowest BCUT2D eigenvalue weighted by atomic mass is 9.95. The van der Waals surface area contributed by atoms with Crippen LogP contribution in [0.3, 0.4) is 0 Å². The Morgan fingerprint density at radius 1 is 1.64 bits per heavy atom. The summed E-state index contributed by atoms with van der Waals surface area (Å²) in [5.74, 6) is -0.494. The molecule has 11 heavy (non-hydrogen) atoms. The van der Waals surface area contributed by atoms with Crippen molar-refractivity contribution in [1.29, 1.82) is 0 Å². The molecule has 0 amide bonds. The van der Waals surface area contributed by atoms with E-state index in [1.54, 1.807) is 0 Å². The molecule has 4 heteroatoms. The van der Waals surface area contributed by atoms with E-state index in [9.17, 15) is 4.79 Å². The van der Waals surface area contributed by atoms with Crippen molar-refractivity contribution in [1.82, 2.24) is 0 Å².